The number of aromatic nitrogens is 1. The smallest absolute Gasteiger partial charge is 0.146 e. The second-order valence-electron chi connectivity index (χ2n) is 2.27. The summed E-state index contributed by atoms with van der Waals surface area (Å²) in [6.07, 6.45) is 3.29. The van der Waals surface area contributed by atoms with Crippen molar-refractivity contribution in [2.24, 2.45) is 0 Å². The van der Waals surface area contributed by atoms with Crippen LogP contribution in [0, 0.1) is 0 Å². The molecule has 0 atom stereocenters. The number of hydrogen-bond donors (Lipinski definition) is 0. The Balaban J connectivity index is 2.41. The van der Waals surface area contributed by atoms with Crippen molar-refractivity contribution in [3.63, 3.8) is 0 Å². The standard InChI is InChI=1S/C8H10ClNO2/c1-11-6-12-5-7-2-8(9)4-10-3-7/h2-4H,5-6H2,1H3. The molecule has 0 aliphatic heterocycles. The highest BCUT2D eigenvalue weighted by Gasteiger charge is 1.94. The van der Waals surface area contributed by atoms with Gasteiger partial charge in [-0.1, -0.05) is 11.6 Å². The fraction of sp³-hybridized carbons (Fsp3) is 0.375. The fourth-order valence-corrected chi connectivity index (χ4v) is 0.974. The van der Waals surface area contributed by atoms with E-state index in [1.165, 1.54) is 0 Å². The van der Waals surface area contributed by atoms with Crippen LogP contribution in [0.15, 0.2) is 18.5 Å². The van der Waals surface area contributed by atoms with Crippen molar-refractivity contribution in [3.05, 3.63) is 29.0 Å². The molecule has 0 aliphatic rings. The summed E-state index contributed by atoms with van der Waals surface area (Å²) >= 11 is 5.71. The van der Waals surface area contributed by atoms with Gasteiger partial charge in [0.25, 0.3) is 0 Å². The van der Waals surface area contributed by atoms with Gasteiger partial charge < -0.3 is 9.47 Å². The second-order valence-corrected chi connectivity index (χ2v) is 2.70. The van der Waals surface area contributed by atoms with E-state index in [0.717, 1.165) is 5.56 Å². The van der Waals surface area contributed by atoms with E-state index in [9.17, 15) is 0 Å². The van der Waals surface area contributed by atoms with Gasteiger partial charge >= 0.3 is 0 Å². The van der Waals surface area contributed by atoms with Gasteiger partial charge in [-0.05, 0) is 11.6 Å². The number of pyridine rings is 1. The molecule has 1 heterocycles. The third-order valence-electron chi connectivity index (χ3n) is 1.23. The van der Waals surface area contributed by atoms with Gasteiger partial charge in [0.05, 0.1) is 11.6 Å². The Morgan fingerprint density at radius 1 is 1.50 bits per heavy atom. The van der Waals surface area contributed by atoms with E-state index in [1.54, 1.807) is 19.5 Å². The topological polar surface area (TPSA) is 31.4 Å². The zero-order valence-corrected chi connectivity index (χ0v) is 7.54. The Morgan fingerprint density at radius 3 is 3.00 bits per heavy atom. The average Bonchev–Trinajstić information content (AvgIpc) is 2.05. The van der Waals surface area contributed by atoms with Crippen molar-refractivity contribution in [2.75, 3.05) is 13.9 Å². The van der Waals surface area contributed by atoms with Crippen LogP contribution in [0.3, 0.4) is 0 Å². The molecule has 1 aromatic heterocycles. The molecule has 0 radical (unpaired) electrons. The number of hydrogen-bond acceptors (Lipinski definition) is 3. The van der Waals surface area contributed by atoms with Crippen molar-refractivity contribution in [2.45, 2.75) is 6.61 Å². The predicted molar refractivity (Wildman–Crippen MR) is 45.9 cm³/mol. The molecule has 0 saturated heterocycles. The number of halogens is 1. The van der Waals surface area contributed by atoms with E-state index < -0.39 is 0 Å². The van der Waals surface area contributed by atoms with Crippen molar-refractivity contribution in [1.82, 2.24) is 4.98 Å². The van der Waals surface area contributed by atoms with Crippen LogP contribution in [0.2, 0.25) is 5.02 Å². The van der Waals surface area contributed by atoms with Gasteiger partial charge in [-0.15, -0.1) is 0 Å². The summed E-state index contributed by atoms with van der Waals surface area (Å²) in [7, 11) is 1.58. The maximum atomic E-state index is 5.71. The molecule has 66 valence electrons. The van der Waals surface area contributed by atoms with Gasteiger partial charge in [0.2, 0.25) is 0 Å². The number of ether oxygens (including phenoxy) is 2. The van der Waals surface area contributed by atoms with E-state index in [1.807, 2.05) is 6.07 Å². The van der Waals surface area contributed by atoms with Crippen LogP contribution in [-0.2, 0) is 16.1 Å². The van der Waals surface area contributed by atoms with Crippen molar-refractivity contribution in [1.29, 1.82) is 0 Å². The minimum atomic E-state index is 0.284. The Kier molecular flexibility index (Phi) is 4.00. The molecule has 0 aromatic carbocycles. The molecule has 0 bridgehead atoms. The molecular weight excluding hydrogens is 178 g/mol. The Hall–Kier alpha value is -0.640. The highest BCUT2D eigenvalue weighted by atomic mass is 35.5. The third-order valence-corrected chi connectivity index (χ3v) is 1.44. The molecule has 1 rings (SSSR count). The van der Waals surface area contributed by atoms with Crippen LogP contribution in [0.4, 0.5) is 0 Å². The van der Waals surface area contributed by atoms with Gasteiger partial charge in [0, 0.05) is 19.5 Å². The quantitative estimate of drug-likeness (QED) is 0.533. The van der Waals surface area contributed by atoms with E-state index in [-0.39, 0.29) is 6.79 Å². The monoisotopic (exact) mass is 187 g/mol. The minimum absolute atomic E-state index is 0.284. The van der Waals surface area contributed by atoms with E-state index in [0.29, 0.717) is 11.6 Å². The van der Waals surface area contributed by atoms with Crippen LogP contribution in [0.5, 0.6) is 0 Å². The van der Waals surface area contributed by atoms with Gasteiger partial charge in [0.1, 0.15) is 6.79 Å². The maximum Gasteiger partial charge on any atom is 0.146 e. The predicted octanol–water partition coefficient (Wildman–Crippen LogP) is 1.86. The van der Waals surface area contributed by atoms with Crippen molar-refractivity contribution >= 4 is 11.6 Å². The Bertz CT molecular complexity index is 242. The summed E-state index contributed by atoms with van der Waals surface area (Å²) in [6, 6.07) is 1.81. The largest absolute Gasteiger partial charge is 0.359 e. The first-order chi connectivity index (χ1) is 5.83. The highest BCUT2D eigenvalue weighted by molar-refractivity contribution is 6.30. The van der Waals surface area contributed by atoms with Gasteiger partial charge in [-0.3, -0.25) is 4.98 Å². The van der Waals surface area contributed by atoms with Gasteiger partial charge in [-0.2, -0.15) is 0 Å². The Labute approximate surface area is 76.3 Å². The lowest BCUT2D eigenvalue weighted by Gasteiger charge is -2.01. The zero-order chi connectivity index (χ0) is 8.81. The lowest BCUT2D eigenvalue weighted by molar-refractivity contribution is -0.0391. The fourth-order valence-electron chi connectivity index (χ4n) is 0.778. The number of methoxy groups -OCH3 is 1. The first-order valence-corrected chi connectivity index (χ1v) is 3.87. The summed E-state index contributed by atoms with van der Waals surface area (Å²) < 4.78 is 9.82. The molecular formula is C8H10ClNO2. The molecule has 0 unspecified atom stereocenters. The van der Waals surface area contributed by atoms with Crippen LogP contribution >= 0.6 is 11.6 Å². The zero-order valence-electron chi connectivity index (χ0n) is 6.79. The normalized spacial score (nSPS) is 10.2. The molecule has 0 aliphatic carbocycles. The van der Waals surface area contributed by atoms with Crippen LogP contribution in [-0.4, -0.2) is 18.9 Å². The molecule has 0 spiro atoms. The summed E-state index contributed by atoms with van der Waals surface area (Å²) in [5.74, 6) is 0. The highest BCUT2D eigenvalue weighted by Crippen LogP contribution is 2.08. The van der Waals surface area contributed by atoms with Crippen LogP contribution in [0.25, 0.3) is 0 Å². The SMILES string of the molecule is COCOCc1cncc(Cl)c1. The van der Waals surface area contributed by atoms with E-state index >= 15 is 0 Å². The summed E-state index contributed by atoms with van der Waals surface area (Å²) in [5.41, 5.74) is 0.944. The van der Waals surface area contributed by atoms with E-state index in [4.69, 9.17) is 21.1 Å². The molecule has 12 heavy (non-hydrogen) atoms. The average molecular weight is 188 g/mol. The lowest BCUT2D eigenvalue weighted by atomic mass is 10.3. The molecule has 4 heteroatoms. The first-order valence-electron chi connectivity index (χ1n) is 3.49. The molecule has 0 amide bonds. The minimum Gasteiger partial charge on any atom is -0.359 e. The van der Waals surface area contributed by atoms with E-state index in [2.05, 4.69) is 4.98 Å². The number of nitrogens with zero attached hydrogens (tertiary/aromatic N) is 1. The third kappa shape index (κ3) is 3.17. The lowest BCUT2D eigenvalue weighted by Crippen LogP contribution is -1.97. The Morgan fingerprint density at radius 2 is 2.33 bits per heavy atom. The van der Waals surface area contributed by atoms with Crippen molar-refractivity contribution in [3.8, 4) is 0 Å². The van der Waals surface area contributed by atoms with Crippen LogP contribution < -0.4 is 0 Å². The van der Waals surface area contributed by atoms with Gasteiger partial charge in [0.15, 0.2) is 0 Å². The second kappa shape index (κ2) is 5.09. The van der Waals surface area contributed by atoms with Crippen LogP contribution in [0.1, 0.15) is 5.56 Å². The summed E-state index contributed by atoms with van der Waals surface area (Å²) in [5, 5.41) is 0.619. The van der Waals surface area contributed by atoms with Gasteiger partial charge in [-0.25, -0.2) is 0 Å². The molecule has 1 aromatic rings. The molecule has 0 N–H and O–H groups in total. The first kappa shape index (κ1) is 9.45. The van der Waals surface area contributed by atoms with Crippen molar-refractivity contribution < 1.29 is 9.47 Å². The number of rotatable bonds is 4. The molecule has 0 saturated carbocycles. The summed E-state index contributed by atoms with van der Waals surface area (Å²) in [6.45, 7) is 0.758. The molecule has 0 fully saturated rings. The summed E-state index contributed by atoms with van der Waals surface area (Å²) in [4.78, 5) is 3.91. The molecule has 3 nitrogen and oxygen atoms in total. The maximum absolute atomic E-state index is 5.71.